The molecule has 0 fully saturated rings. The molecule has 0 amide bonds. The first-order valence-electron chi connectivity index (χ1n) is 4.77. The Bertz CT molecular complexity index is 405. The molecule has 0 unspecified atom stereocenters. The van der Waals surface area contributed by atoms with Gasteiger partial charge < -0.3 is 4.74 Å². The Kier molecular flexibility index (Phi) is 3.06. The van der Waals surface area contributed by atoms with Crippen LogP contribution in [0.5, 0.6) is 0 Å². The first-order valence-corrected chi connectivity index (χ1v) is 5.76. The molecular weight excluding hydrogens is 210 g/mol. The minimum absolute atomic E-state index is 0.358. The zero-order chi connectivity index (χ0) is 10.7. The van der Waals surface area contributed by atoms with Crippen molar-refractivity contribution >= 4 is 23.4 Å². The van der Waals surface area contributed by atoms with Crippen LogP contribution in [0.3, 0.4) is 0 Å². The Morgan fingerprint density at radius 1 is 1.67 bits per heavy atom. The number of allylic oxidation sites excluding steroid dienone is 2. The normalized spacial score (nSPS) is 18.6. The van der Waals surface area contributed by atoms with Crippen LogP contribution in [0.4, 0.5) is 0 Å². The molecule has 0 radical (unpaired) electrons. The number of hydrogen-bond donors (Lipinski definition) is 0. The van der Waals surface area contributed by atoms with Crippen LogP contribution in [-0.4, -0.2) is 24.0 Å². The molecule has 0 saturated carbocycles. The summed E-state index contributed by atoms with van der Waals surface area (Å²) in [6.45, 7) is 2.16. The third-order valence-corrected chi connectivity index (χ3v) is 3.04. The number of esters is 1. The van der Waals surface area contributed by atoms with Gasteiger partial charge in [0.15, 0.2) is 0 Å². The topological polar surface area (TPSA) is 38.7 Å². The summed E-state index contributed by atoms with van der Waals surface area (Å²) >= 11 is 1.71. The fraction of sp³-hybridized carbons (Fsp3) is 0.273. The molecule has 0 N–H and O–H groups in total. The Morgan fingerprint density at radius 3 is 3.33 bits per heavy atom. The Labute approximate surface area is 92.6 Å². The SMILES string of the molecule is CCOC(=O)C1=NC=CC2=CCSC2=C1. The molecule has 4 heteroatoms. The van der Waals surface area contributed by atoms with E-state index < -0.39 is 0 Å². The summed E-state index contributed by atoms with van der Waals surface area (Å²) in [5.41, 5.74) is 1.52. The largest absolute Gasteiger partial charge is 0.461 e. The van der Waals surface area contributed by atoms with Crippen molar-refractivity contribution < 1.29 is 9.53 Å². The van der Waals surface area contributed by atoms with Crippen molar-refractivity contribution in [1.82, 2.24) is 0 Å². The number of nitrogens with zero attached hydrogens (tertiary/aromatic N) is 1. The van der Waals surface area contributed by atoms with Gasteiger partial charge in [-0.05, 0) is 24.6 Å². The molecule has 78 valence electrons. The van der Waals surface area contributed by atoms with Gasteiger partial charge in [-0.15, -0.1) is 11.8 Å². The molecule has 0 aromatic heterocycles. The summed E-state index contributed by atoms with van der Waals surface area (Å²) in [7, 11) is 0. The molecule has 2 aliphatic rings. The highest BCUT2D eigenvalue weighted by Crippen LogP contribution is 2.32. The molecule has 2 aliphatic heterocycles. The molecular formula is C11H11NO2S. The van der Waals surface area contributed by atoms with Crippen LogP contribution in [-0.2, 0) is 9.53 Å². The zero-order valence-corrected chi connectivity index (χ0v) is 9.21. The number of thioether (sulfide) groups is 1. The molecule has 0 bridgehead atoms. The summed E-state index contributed by atoms with van der Waals surface area (Å²) < 4.78 is 4.91. The van der Waals surface area contributed by atoms with Crippen LogP contribution < -0.4 is 0 Å². The van der Waals surface area contributed by atoms with E-state index in [0.29, 0.717) is 12.3 Å². The standard InChI is InChI=1S/C11H11NO2S/c1-2-14-11(13)9-7-10-8(3-5-12-9)4-6-15-10/h3-5,7H,2,6H2,1H3. The first-order chi connectivity index (χ1) is 7.31. The van der Waals surface area contributed by atoms with E-state index in [0.717, 1.165) is 16.2 Å². The number of ether oxygens (including phenoxy) is 1. The number of rotatable bonds is 2. The number of hydrogen-bond acceptors (Lipinski definition) is 4. The van der Waals surface area contributed by atoms with Gasteiger partial charge in [0.05, 0.1) is 6.61 Å². The smallest absolute Gasteiger partial charge is 0.356 e. The van der Waals surface area contributed by atoms with Crippen LogP contribution >= 0.6 is 11.8 Å². The Hall–Kier alpha value is -1.29. The fourth-order valence-corrected chi connectivity index (χ4v) is 2.31. The number of fused-ring (bicyclic) bond motifs is 1. The number of carbonyl (C=O) groups is 1. The predicted molar refractivity (Wildman–Crippen MR) is 61.8 cm³/mol. The number of aliphatic imine (C=N–C) groups is 1. The quantitative estimate of drug-likeness (QED) is 0.670. The lowest BCUT2D eigenvalue weighted by Crippen LogP contribution is -2.15. The third kappa shape index (κ3) is 2.21. The van der Waals surface area contributed by atoms with E-state index in [9.17, 15) is 4.79 Å². The van der Waals surface area contributed by atoms with Crippen molar-refractivity contribution in [3.63, 3.8) is 0 Å². The van der Waals surface area contributed by atoms with E-state index in [2.05, 4.69) is 11.1 Å². The molecule has 2 rings (SSSR count). The summed E-state index contributed by atoms with van der Waals surface area (Å²) in [6.07, 6.45) is 7.48. The van der Waals surface area contributed by atoms with Crippen LogP contribution in [0.25, 0.3) is 0 Å². The molecule has 15 heavy (non-hydrogen) atoms. The third-order valence-electron chi connectivity index (χ3n) is 2.05. The summed E-state index contributed by atoms with van der Waals surface area (Å²) in [6, 6.07) is 0. The zero-order valence-electron chi connectivity index (χ0n) is 8.40. The second kappa shape index (κ2) is 4.49. The second-order valence-electron chi connectivity index (χ2n) is 3.03. The van der Waals surface area contributed by atoms with Crippen molar-refractivity contribution in [3.8, 4) is 0 Å². The van der Waals surface area contributed by atoms with Gasteiger partial charge in [-0.25, -0.2) is 9.79 Å². The molecule has 0 aromatic rings. The average molecular weight is 221 g/mol. The van der Waals surface area contributed by atoms with Gasteiger partial charge in [0.25, 0.3) is 0 Å². The van der Waals surface area contributed by atoms with Crippen molar-refractivity contribution in [3.05, 3.63) is 34.9 Å². The summed E-state index contributed by atoms with van der Waals surface area (Å²) in [5.74, 6) is 0.602. The van der Waals surface area contributed by atoms with E-state index in [4.69, 9.17) is 4.74 Å². The van der Waals surface area contributed by atoms with Gasteiger partial charge in [-0.3, -0.25) is 0 Å². The van der Waals surface area contributed by atoms with Crippen molar-refractivity contribution in [1.29, 1.82) is 0 Å². The lowest BCUT2D eigenvalue weighted by atomic mass is 10.2. The highest BCUT2D eigenvalue weighted by atomic mass is 32.2. The van der Waals surface area contributed by atoms with Crippen LogP contribution in [0.2, 0.25) is 0 Å². The molecule has 3 nitrogen and oxygen atoms in total. The predicted octanol–water partition coefficient (Wildman–Crippen LogP) is 2.07. The van der Waals surface area contributed by atoms with Crippen LogP contribution in [0.15, 0.2) is 39.9 Å². The van der Waals surface area contributed by atoms with Gasteiger partial charge in [0, 0.05) is 16.9 Å². The molecule has 2 heterocycles. The minimum Gasteiger partial charge on any atom is -0.461 e. The van der Waals surface area contributed by atoms with E-state index in [1.165, 1.54) is 0 Å². The maximum atomic E-state index is 11.5. The molecule has 0 aliphatic carbocycles. The van der Waals surface area contributed by atoms with Gasteiger partial charge in [0.1, 0.15) is 5.71 Å². The van der Waals surface area contributed by atoms with Gasteiger partial charge >= 0.3 is 5.97 Å². The maximum absolute atomic E-state index is 11.5. The van der Waals surface area contributed by atoms with Gasteiger partial charge in [-0.2, -0.15) is 0 Å². The summed E-state index contributed by atoms with van der Waals surface area (Å²) in [5, 5.41) is 0. The van der Waals surface area contributed by atoms with Gasteiger partial charge in [-0.1, -0.05) is 6.08 Å². The van der Waals surface area contributed by atoms with E-state index in [1.54, 1.807) is 31.0 Å². The van der Waals surface area contributed by atoms with Crippen LogP contribution in [0, 0.1) is 0 Å². The minimum atomic E-state index is -0.358. The average Bonchev–Trinajstić information content (AvgIpc) is 2.56. The monoisotopic (exact) mass is 221 g/mol. The molecule has 0 saturated heterocycles. The van der Waals surface area contributed by atoms with E-state index in [-0.39, 0.29) is 5.97 Å². The Balaban J connectivity index is 2.24. The Morgan fingerprint density at radius 2 is 2.53 bits per heavy atom. The second-order valence-corrected chi connectivity index (χ2v) is 4.09. The van der Waals surface area contributed by atoms with E-state index >= 15 is 0 Å². The highest BCUT2D eigenvalue weighted by Gasteiger charge is 2.17. The summed E-state index contributed by atoms with van der Waals surface area (Å²) in [4.78, 5) is 16.6. The van der Waals surface area contributed by atoms with Crippen LogP contribution in [0.1, 0.15) is 6.92 Å². The van der Waals surface area contributed by atoms with Gasteiger partial charge in [0.2, 0.25) is 0 Å². The molecule has 0 aromatic carbocycles. The number of carbonyl (C=O) groups excluding carboxylic acids is 1. The van der Waals surface area contributed by atoms with Crippen molar-refractivity contribution in [2.24, 2.45) is 4.99 Å². The van der Waals surface area contributed by atoms with Crippen molar-refractivity contribution in [2.75, 3.05) is 12.4 Å². The van der Waals surface area contributed by atoms with Crippen molar-refractivity contribution in [2.45, 2.75) is 6.92 Å². The molecule has 0 spiro atoms. The maximum Gasteiger partial charge on any atom is 0.356 e. The lowest BCUT2D eigenvalue weighted by molar-refractivity contribution is -0.134. The lowest BCUT2D eigenvalue weighted by Gasteiger charge is -2.01. The fourth-order valence-electron chi connectivity index (χ4n) is 1.36. The highest BCUT2D eigenvalue weighted by molar-refractivity contribution is 8.03. The van der Waals surface area contributed by atoms with E-state index in [1.807, 2.05) is 6.08 Å². The molecule has 0 atom stereocenters. The first kappa shape index (κ1) is 10.2.